The minimum atomic E-state index is -1.83. The van der Waals surface area contributed by atoms with Crippen molar-refractivity contribution in [3.05, 3.63) is 47.7 Å². The number of rotatable bonds is 4. The average Bonchev–Trinajstić information content (AvgIpc) is 2.46. The van der Waals surface area contributed by atoms with E-state index < -0.39 is 8.32 Å². The summed E-state index contributed by atoms with van der Waals surface area (Å²) in [6, 6.07) is 10.4. The predicted molar refractivity (Wildman–Crippen MR) is 98.7 cm³/mol. The van der Waals surface area contributed by atoms with E-state index in [4.69, 9.17) is 9.16 Å². The molecule has 0 spiro atoms. The maximum atomic E-state index is 6.57. The number of nitrogens with zero attached hydrogens (tertiary/aromatic N) is 1. The third-order valence-corrected chi connectivity index (χ3v) is 9.28. The molecule has 0 unspecified atom stereocenters. The molecule has 0 radical (unpaired) electrons. The molecule has 3 nitrogen and oxygen atoms in total. The Hall–Kier alpha value is -1.10. The van der Waals surface area contributed by atoms with Gasteiger partial charge >= 0.3 is 0 Å². The molecule has 128 valence electrons. The summed E-state index contributed by atoms with van der Waals surface area (Å²) in [7, 11) is 2.25. The van der Waals surface area contributed by atoms with Crippen LogP contribution in [0.15, 0.2) is 42.2 Å². The number of ether oxygens (including phenoxy) is 1. The lowest BCUT2D eigenvalue weighted by molar-refractivity contribution is -0.0707. The minimum Gasteiger partial charge on any atom is -0.547 e. The summed E-state index contributed by atoms with van der Waals surface area (Å²) in [5.74, 6) is 1.08. The smallest absolute Gasteiger partial charge is 0.250 e. The normalized spacial score (nSPS) is 22.9. The minimum absolute atomic E-state index is 0.0475. The van der Waals surface area contributed by atoms with E-state index in [1.54, 1.807) is 0 Å². The Morgan fingerprint density at radius 1 is 1.13 bits per heavy atom. The van der Waals surface area contributed by atoms with Crippen LogP contribution in [-0.2, 0) is 9.16 Å². The Bertz CT molecular complexity index is 546. The van der Waals surface area contributed by atoms with Gasteiger partial charge in [0.15, 0.2) is 0 Å². The van der Waals surface area contributed by atoms with Crippen LogP contribution in [0.25, 0.3) is 0 Å². The Morgan fingerprint density at radius 2 is 1.74 bits per heavy atom. The summed E-state index contributed by atoms with van der Waals surface area (Å²) in [5, 5.41) is 0.196. The molecule has 2 atom stereocenters. The highest BCUT2D eigenvalue weighted by atomic mass is 28.4. The summed E-state index contributed by atoms with van der Waals surface area (Å²) in [5.41, 5.74) is 1.21. The predicted octanol–water partition coefficient (Wildman–Crippen LogP) is 4.94. The Kier molecular flexibility index (Phi) is 5.39. The van der Waals surface area contributed by atoms with Gasteiger partial charge in [0, 0.05) is 6.42 Å². The highest BCUT2D eigenvalue weighted by Gasteiger charge is 2.40. The van der Waals surface area contributed by atoms with E-state index in [2.05, 4.69) is 69.1 Å². The van der Waals surface area contributed by atoms with Crippen LogP contribution < -0.4 is 0 Å². The van der Waals surface area contributed by atoms with Crippen molar-refractivity contribution in [2.75, 3.05) is 14.1 Å². The molecule has 0 N–H and O–H groups in total. The van der Waals surface area contributed by atoms with Crippen molar-refractivity contribution in [3.63, 3.8) is 0 Å². The van der Waals surface area contributed by atoms with Gasteiger partial charge in [-0.15, -0.1) is 0 Å². The lowest BCUT2D eigenvalue weighted by Crippen LogP contribution is -2.42. The molecule has 0 saturated heterocycles. The first-order valence-electron chi connectivity index (χ1n) is 8.37. The Labute approximate surface area is 142 Å². The molecule has 23 heavy (non-hydrogen) atoms. The van der Waals surface area contributed by atoms with Crippen LogP contribution in [0.3, 0.4) is 0 Å². The van der Waals surface area contributed by atoms with E-state index >= 15 is 0 Å². The van der Waals surface area contributed by atoms with Gasteiger partial charge in [-0.3, -0.25) is 4.90 Å². The lowest BCUT2D eigenvalue weighted by Gasteiger charge is -2.40. The lowest BCUT2D eigenvalue weighted by atomic mass is 10.0. The first-order chi connectivity index (χ1) is 10.6. The van der Waals surface area contributed by atoms with Gasteiger partial charge in [0.2, 0.25) is 8.32 Å². The van der Waals surface area contributed by atoms with Gasteiger partial charge in [-0.05, 0) is 43.9 Å². The monoisotopic (exact) mass is 333 g/mol. The van der Waals surface area contributed by atoms with Crippen molar-refractivity contribution in [3.8, 4) is 0 Å². The second-order valence-corrected chi connectivity index (χ2v) is 12.8. The molecule has 1 aromatic carbocycles. The van der Waals surface area contributed by atoms with Crippen LogP contribution in [0.5, 0.6) is 0 Å². The second-order valence-electron chi connectivity index (χ2n) is 8.09. The third-order valence-electron chi connectivity index (χ3n) is 4.89. The molecular weight excluding hydrogens is 302 g/mol. The first kappa shape index (κ1) is 18.2. The topological polar surface area (TPSA) is 21.7 Å². The molecule has 0 aliphatic carbocycles. The van der Waals surface area contributed by atoms with Crippen LogP contribution in [0, 0.1) is 0 Å². The number of likely N-dealkylation sites (N-methyl/N-ethyl adjacent to an activating group) is 1. The van der Waals surface area contributed by atoms with Gasteiger partial charge < -0.3 is 9.16 Å². The van der Waals surface area contributed by atoms with Crippen LogP contribution in [0.1, 0.15) is 38.9 Å². The van der Waals surface area contributed by atoms with Gasteiger partial charge in [-0.1, -0.05) is 51.1 Å². The highest BCUT2D eigenvalue weighted by molar-refractivity contribution is 6.74. The van der Waals surface area contributed by atoms with Gasteiger partial charge in [0.1, 0.15) is 6.23 Å². The maximum Gasteiger partial charge on any atom is 0.250 e. The Morgan fingerprint density at radius 3 is 2.26 bits per heavy atom. The van der Waals surface area contributed by atoms with E-state index in [9.17, 15) is 0 Å². The van der Waals surface area contributed by atoms with E-state index in [0.29, 0.717) is 0 Å². The fourth-order valence-electron chi connectivity index (χ4n) is 2.36. The van der Waals surface area contributed by atoms with Crippen LogP contribution in [0.4, 0.5) is 0 Å². The molecule has 0 bridgehead atoms. The van der Waals surface area contributed by atoms with Crippen molar-refractivity contribution < 1.29 is 9.16 Å². The standard InChI is InChI=1S/C19H31NO2Si/c1-19(2,3)23(6,7)22-16-13-17(15-11-9-8-10-12-15)21-18(14-16)20(4)5/h8-12,14,17-18H,13H2,1-7H3/t17-,18+/m0/s1. The van der Waals surface area contributed by atoms with Crippen LogP contribution in [-0.4, -0.2) is 33.5 Å². The molecule has 1 aromatic rings. The van der Waals surface area contributed by atoms with Crippen molar-refractivity contribution in [2.45, 2.75) is 57.7 Å². The summed E-state index contributed by atoms with van der Waals surface area (Å²) in [4.78, 5) is 2.09. The molecule has 1 aliphatic rings. The van der Waals surface area contributed by atoms with Gasteiger partial charge in [-0.25, -0.2) is 0 Å². The fourth-order valence-corrected chi connectivity index (χ4v) is 3.47. The number of benzene rings is 1. The van der Waals surface area contributed by atoms with Crippen molar-refractivity contribution in [1.82, 2.24) is 4.90 Å². The molecule has 0 aromatic heterocycles. The van der Waals surface area contributed by atoms with Crippen molar-refractivity contribution >= 4 is 8.32 Å². The Balaban J connectivity index is 2.24. The largest absolute Gasteiger partial charge is 0.547 e. The molecule has 1 heterocycles. The molecule has 4 heteroatoms. The third kappa shape index (κ3) is 4.46. The number of hydrogen-bond donors (Lipinski definition) is 0. The molecule has 0 saturated carbocycles. The molecule has 0 amide bonds. The molecular formula is C19H31NO2Si. The average molecular weight is 334 g/mol. The highest BCUT2D eigenvalue weighted by Crippen LogP contribution is 2.41. The van der Waals surface area contributed by atoms with Crippen molar-refractivity contribution in [2.24, 2.45) is 0 Å². The zero-order valence-electron chi connectivity index (χ0n) is 15.6. The zero-order valence-corrected chi connectivity index (χ0v) is 16.6. The van der Waals surface area contributed by atoms with E-state index in [1.807, 2.05) is 20.2 Å². The van der Waals surface area contributed by atoms with E-state index in [1.165, 1.54) is 5.56 Å². The van der Waals surface area contributed by atoms with Crippen LogP contribution in [0.2, 0.25) is 18.1 Å². The van der Waals surface area contributed by atoms with Crippen molar-refractivity contribution in [1.29, 1.82) is 0 Å². The summed E-state index contributed by atoms with van der Waals surface area (Å²) in [6.07, 6.45) is 2.95. The molecule has 0 fully saturated rings. The first-order valence-corrected chi connectivity index (χ1v) is 11.3. The molecule has 1 aliphatic heterocycles. The maximum absolute atomic E-state index is 6.57. The van der Waals surface area contributed by atoms with Gasteiger partial charge in [0.05, 0.1) is 11.9 Å². The van der Waals surface area contributed by atoms with Gasteiger partial charge in [-0.2, -0.15) is 0 Å². The fraction of sp³-hybridized carbons (Fsp3) is 0.579. The van der Waals surface area contributed by atoms with Crippen LogP contribution >= 0.6 is 0 Å². The summed E-state index contributed by atoms with van der Waals surface area (Å²) >= 11 is 0. The number of hydrogen-bond acceptors (Lipinski definition) is 3. The molecule has 2 rings (SSSR count). The van der Waals surface area contributed by atoms with Gasteiger partial charge in [0.25, 0.3) is 0 Å². The van der Waals surface area contributed by atoms with E-state index in [0.717, 1.165) is 12.2 Å². The quantitative estimate of drug-likeness (QED) is 0.728. The summed E-state index contributed by atoms with van der Waals surface area (Å²) in [6.45, 7) is 11.4. The second kappa shape index (κ2) is 6.79. The summed E-state index contributed by atoms with van der Waals surface area (Å²) < 4.78 is 12.8. The SMILES string of the molecule is CN(C)[C@H]1C=C(O[Si](C)(C)C(C)(C)C)C[C@@H](c2ccccc2)O1. The van der Waals surface area contributed by atoms with E-state index in [-0.39, 0.29) is 17.4 Å². The zero-order chi connectivity index (χ0) is 17.3.